The van der Waals surface area contributed by atoms with Crippen molar-refractivity contribution in [3.8, 4) is 0 Å². The maximum Gasteiger partial charge on any atom is 0.410 e. The van der Waals surface area contributed by atoms with Crippen LogP contribution in [0.3, 0.4) is 0 Å². The van der Waals surface area contributed by atoms with E-state index >= 15 is 0 Å². The lowest BCUT2D eigenvalue weighted by Gasteiger charge is -2.13. The molecule has 12 heavy (non-hydrogen) atoms. The Bertz CT molecular complexity index is 200. The van der Waals surface area contributed by atoms with Crippen molar-refractivity contribution in [2.45, 2.75) is 6.10 Å². The first-order valence-corrected chi connectivity index (χ1v) is 3.22. The number of ether oxygens (including phenoxy) is 1. The Hall–Kier alpha value is -1.52. The normalized spacial score (nSPS) is 11.5. The predicted molar refractivity (Wildman–Crippen MR) is 41.8 cm³/mol. The summed E-state index contributed by atoms with van der Waals surface area (Å²) in [5.41, 5.74) is 0. The molecule has 0 aliphatic carbocycles. The molecule has 0 aromatic heterocycles. The zero-order valence-electron chi connectivity index (χ0n) is 6.98. The Balaban J connectivity index is 4.12. The van der Waals surface area contributed by atoms with E-state index in [2.05, 4.69) is 11.3 Å². The molecule has 1 atom stereocenters. The van der Waals surface area contributed by atoms with Crippen LogP contribution in [0.25, 0.3) is 0 Å². The predicted octanol–water partition coefficient (Wildman–Crippen LogP) is 0.324. The molecule has 0 rings (SSSR count). The summed E-state index contributed by atoms with van der Waals surface area (Å²) in [5, 5.41) is 8.44. The molecule has 68 valence electrons. The molecule has 5 heteroatoms. The SMILES string of the molecule is C=C[C@H](OC(=O)N(C)C)C(=O)O. The van der Waals surface area contributed by atoms with Crippen molar-refractivity contribution in [2.75, 3.05) is 14.1 Å². The van der Waals surface area contributed by atoms with E-state index < -0.39 is 18.2 Å². The summed E-state index contributed by atoms with van der Waals surface area (Å²) in [4.78, 5) is 22.3. The van der Waals surface area contributed by atoms with Gasteiger partial charge in [0, 0.05) is 14.1 Å². The van der Waals surface area contributed by atoms with Crippen molar-refractivity contribution < 1.29 is 19.4 Å². The van der Waals surface area contributed by atoms with E-state index in [0.717, 1.165) is 11.0 Å². The first-order chi connectivity index (χ1) is 5.49. The van der Waals surface area contributed by atoms with Crippen LogP contribution >= 0.6 is 0 Å². The molecule has 0 unspecified atom stereocenters. The Morgan fingerprint density at radius 3 is 2.33 bits per heavy atom. The monoisotopic (exact) mass is 173 g/mol. The summed E-state index contributed by atoms with van der Waals surface area (Å²) in [6.07, 6.45) is -0.939. The molecule has 0 fully saturated rings. The number of nitrogens with zero attached hydrogens (tertiary/aromatic N) is 1. The van der Waals surface area contributed by atoms with E-state index in [1.807, 2.05) is 0 Å². The van der Waals surface area contributed by atoms with Crippen LogP contribution in [0.4, 0.5) is 4.79 Å². The number of amides is 1. The van der Waals surface area contributed by atoms with Gasteiger partial charge in [-0.3, -0.25) is 0 Å². The summed E-state index contributed by atoms with van der Waals surface area (Å²) < 4.78 is 4.49. The average molecular weight is 173 g/mol. The van der Waals surface area contributed by atoms with Gasteiger partial charge in [0.15, 0.2) is 0 Å². The quantitative estimate of drug-likeness (QED) is 0.624. The lowest BCUT2D eigenvalue weighted by molar-refractivity contribution is -0.144. The van der Waals surface area contributed by atoms with E-state index in [9.17, 15) is 9.59 Å². The van der Waals surface area contributed by atoms with Gasteiger partial charge in [-0.1, -0.05) is 6.58 Å². The van der Waals surface area contributed by atoms with E-state index in [0.29, 0.717) is 0 Å². The highest BCUT2D eigenvalue weighted by Gasteiger charge is 2.18. The topological polar surface area (TPSA) is 66.8 Å². The number of carbonyl (C=O) groups excluding carboxylic acids is 1. The molecule has 0 aromatic rings. The molecule has 0 radical (unpaired) electrons. The van der Waals surface area contributed by atoms with E-state index in [1.54, 1.807) is 0 Å². The zero-order chi connectivity index (χ0) is 9.72. The van der Waals surface area contributed by atoms with E-state index in [1.165, 1.54) is 14.1 Å². The number of hydrogen-bond donors (Lipinski definition) is 1. The Kier molecular flexibility index (Phi) is 3.82. The fourth-order valence-electron chi connectivity index (χ4n) is 0.413. The Morgan fingerprint density at radius 1 is 1.58 bits per heavy atom. The van der Waals surface area contributed by atoms with Gasteiger partial charge < -0.3 is 14.7 Å². The Labute approximate surface area is 70.2 Å². The lowest BCUT2D eigenvalue weighted by atomic mass is 10.4. The standard InChI is InChI=1S/C7H11NO4/c1-4-5(6(9)10)12-7(11)8(2)3/h4-5H,1H2,2-3H3,(H,9,10)/t5-/m0/s1. The van der Waals surface area contributed by atoms with Gasteiger partial charge in [-0.15, -0.1) is 0 Å². The van der Waals surface area contributed by atoms with Gasteiger partial charge in [0.1, 0.15) is 0 Å². The van der Waals surface area contributed by atoms with Gasteiger partial charge >= 0.3 is 12.1 Å². The van der Waals surface area contributed by atoms with Gasteiger partial charge in [-0.2, -0.15) is 0 Å². The third-order valence-electron chi connectivity index (χ3n) is 1.05. The van der Waals surface area contributed by atoms with Crippen LogP contribution < -0.4 is 0 Å². The minimum absolute atomic E-state index is 0.706. The minimum atomic E-state index is -1.28. The fraction of sp³-hybridized carbons (Fsp3) is 0.429. The summed E-state index contributed by atoms with van der Waals surface area (Å²) in [7, 11) is 2.93. The van der Waals surface area contributed by atoms with E-state index in [4.69, 9.17) is 5.11 Å². The second kappa shape index (κ2) is 4.38. The van der Waals surface area contributed by atoms with E-state index in [-0.39, 0.29) is 0 Å². The van der Waals surface area contributed by atoms with Crippen molar-refractivity contribution in [3.63, 3.8) is 0 Å². The van der Waals surface area contributed by atoms with Crippen molar-refractivity contribution in [1.82, 2.24) is 4.90 Å². The van der Waals surface area contributed by atoms with Gasteiger partial charge in [-0.05, 0) is 6.08 Å². The van der Waals surface area contributed by atoms with Crippen LogP contribution in [0, 0.1) is 0 Å². The molecule has 5 nitrogen and oxygen atoms in total. The first kappa shape index (κ1) is 10.5. The zero-order valence-corrected chi connectivity index (χ0v) is 6.98. The highest BCUT2D eigenvalue weighted by atomic mass is 16.6. The largest absolute Gasteiger partial charge is 0.478 e. The van der Waals surface area contributed by atoms with Gasteiger partial charge in [0.05, 0.1) is 0 Å². The second-order valence-corrected chi connectivity index (χ2v) is 2.27. The fourth-order valence-corrected chi connectivity index (χ4v) is 0.413. The summed E-state index contributed by atoms with van der Waals surface area (Å²) in [5.74, 6) is -1.24. The number of aliphatic carboxylic acids is 1. The maximum atomic E-state index is 10.8. The average Bonchev–Trinajstić information content (AvgIpc) is 1.98. The molecular weight excluding hydrogens is 162 g/mol. The van der Waals surface area contributed by atoms with Gasteiger partial charge in [0.2, 0.25) is 6.10 Å². The second-order valence-electron chi connectivity index (χ2n) is 2.27. The number of rotatable bonds is 3. The van der Waals surface area contributed by atoms with Gasteiger partial charge in [-0.25, -0.2) is 9.59 Å². The number of carboxylic acids is 1. The number of carbonyl (C=O) groups is 2. The minimum Gasteiger partial charge on any atom is -0.478 e. The van der Waals surface area contributed by atoms with Crippen LogP contribution in [0.1, 0.15) is 0 Å². The molecule has 0 saturated heterocycles. The summed E-state index contributed by atoms with van der Waals surface area (Å²) in [6.45, 7) is 3.22. The maximum absolute atomic E-state index is 10.8. The highest BCUT2D eigenvalue weighted by Crippen LogP contribution is 1.96. The first-order valence-electron chi connectivity index (χ1n) is 3.22. The third-order valence-corrected chi connectivity index (χ3v) is 1.05. The van der Waals surface area contributed by atoms with Crippen LogP contribution in [0.2, 0.25) is 0 Å². The summed E-state index contributed by atoms with van der Waals surface area (Å²) in [6, 6.07) is 0. The number of hydrogen-bond acceptors (Lipinski definition) is 3. The van der Waals surface area contributed by atoms with Crippen LogP contribution in [0.15, 0.2) is 12.7 Å². The molecule has 0 aromatic carbocycles. The van der Waals surface area contributed by atoms with Crippen molar-refractivity contribution >= 4 is 12.1 Å². The molecule has 0 bridgehead atoms. The van der Waals surface area contributed by atoms with Crippen LogP contribution in [-0.2, 0) is 9.53 Å². The molecule has 0 aliphatic rings. The molecule has 0 spiro atoms. The third kappa shape index (κ3) is 3.05. The smallest absolute Gasteiger partial charge is 0.410 e. The molecular formula is C7H11NO4. The van der Waals surface area contributed by atoms with Crippen molar-refractivity contribution in [2.24, 2.45) is 0 Å². The molecule has 1 amide bonds. The molecule has 0 saturated carbocycles. The number of carboxylic acid groups (broad SMARTS) is 1. The van der Waals surface area contributed by atoms with Crippen LogP contribution in [-0.4, -0.2) is 42.3 Å². The highest BCUT2D eigenvalue weighted by molar-refractivity contribution is 5.78. The van der Waals surface area contributed by atoms with Crippen molar-refractivity contribution in [1.29, 1.82) is 0 Å². The summed E-state index contributed by atoms with van der Waals surface area (Å²) >= 11 is 0. The molecule has 0 heterocycles. The Morgan fingerprint density at radius 2 is 2.08 bits per heavy atom. The van der Waals surface area contributed by atoms with Gasteiger partial charge in [0.25, 0.3) is 0 Å². The van der Waals surface area contributed by atoms with Crippen molar-refractivity contribution in [3.05, 3.63) is 12.7 Å². The molecule has 0 aliphatic heterocycles. The molecule has 1 N–H and O–H groups in total. The van der Waals surface area contributed by atoms with Crippen LogP contribution in [0.5, 0.6) is 0 Å². The lowest BCUT2D eigenvalue weighted by Crippen LogP contribution is -2.31.